The first-order chi connectivity index (χ1) is 7.73. The lowest BCUT2D eigenvalue weighted by atomic mass is 9.49. The second-order valence-corrected chi connectivity index (χ2v) is 8.10. The van der Waals surface area contributed by atoms with Crippen LogP contribution in [0, 0.1) is 17.8 Å². The summed E-state index contributed by atoms with van der Waals surface area (Å²) in [5, 5.41) is 0. The van der Waals surface area contributed by atoms with Crippen LogP contribution in [-0.2, 0) is 5.41 Å². The lowest BCUT2D eigenvalue weighted by Gasteiger charge is -2.55. The Morgan fingerprint density at radius 1 is 1.06 bits per heavy atom. The first-order valence-corrected chi connectivity index (χ1v) is 7.80. The molecule has 1 heterocycles. The van der Waals surface area contributed by atoms with E-state index in [1.165, 1.54) is 50.1 Å². The van der Waals surface area contributed by atoms with Crippen molar-refractivity contribution in [3.63, 3.8) is 0 Å². The van der Waals surface area contributed by atoms with E-state index in [0.29, 0.717) is 5.41 Å². The number of rotatable bonds is 1. The van der Waals surface area contributed by atoms with Crippen LogP contribution in [0.3, 0.4) is 0 Å². The SMILES string of the molecule is Brc1nc(C23CC4CC(CC(C4)C2)C3)ns1. The standard InChI is InChI=1S/C12H15BrN2S/c13-11-14-10(15-16-11)12-4-7-1-8(5-12)3-9(2-7)6-12/h7-9H,1-6H2. The average Bonchev–Trinajstić information content (AvgIpc) is 2.63. The molecule has 1 aromatic heterocycles. The zero-order chi connectivity index (χ0) is 10.8. The molecule has 2 nitrogen and oxygen atoms in total. The highest BCUT2D eigenvalue weighted by Crippen LogP contribution is 2.60. The van der Waals surface area contributed by atoms with Gasteiger partial charge in [-0.25, -0.2) is 4.98 Å². The van der Waals surface area contributed by atoms with Gasteiger partial charge in [-0.15, -0.1) is 0 Å². The van der Waals surface area contributed by atoms with Crippen molar-refractivity contribution in [2.24, 2.45) is 17.8 Å². The summed E-state index contributed by atoms with van der Waals surface area (Å²) in [7, 11) is 0. The van der Waals surface area contributed by atoms with Gasteiger partial charge in [-0.2, -0.15) is 4.37 Å². The van der Waals surface area contributed by atoms with Gasteiger partial charge in [0.1, 0.15) is 5.82 Å². The molecule has 0 aromatic carbocycles. The van der Waals surface area contributed by atoms with Crippen LogP contribution in [0.4, 0.5) is 0 Å². The van der Waals surface area contributed by atoms with Crippen LogP contribution >= 0.6 is 27.5 Å². The molecule has 0 N–H and O–H groups in total. The predicted octanol–water partition coefficient (Wildman–Crippen LogP) is 3.77. The van der Waals surface area contributed by atoms with Crippen LogP contribution in [0.2, 0.25) is 0 Å². The van der Waals surface area contributed by atoms with E-state index in [0.717, 1.165) is 27.5 Å². The van der Waals surface area contributed by atoms with E-state index in [2.05, 4.69) is 25.3 Å². The molecule has 0 saturated heterocycles. The molecule has 4 aliphatic carbocycles. The number of halogens is 1. The third-order valence-corrected chi connectivity index (χ3v) is 6.03. The first kappa shape index (κ1) is 10.0. The molecule has 4 aliphatic rings. The van der Waals surface area contributed by atoms with Crippen LogP contribution in [0.1, 0.15) is 44.3 Å². The Morgan fingerprint density at radius 2 is 1.62 bits per heavy atom. The Balaban J connectivity index is 1.76. The zero-order valence-corrected chi connectivity index (χ0v) is 11.6. The minimum absolute atomic E-state index is 0.372. The second kappa shape index (κ2) is 3.29. The van der Waals surface area contributed by atoms with E-state index < -0.39 is 0 Å². The molecule has 0 unspecified atom stereocenters. The Morgan fingerprint density at radius 3 is 2.06 bits per heavy atom. The smallest absolute Gasteiger partial charge is 0.179 e. The summed E-state index contributed by atoms with van der Waals surface area (Å²) in [6.07, 6.45) is 8.56. The summed E-state index contributed by atoms with van der Waals surface area (Å²) in [5.41, 5.74) is 0.372. The Bertz CT molecular complexity index is 393. The largest absolute Gasteiger partial charge is 0.212 e. The van der Waals surface area contributed by atoms with Crippen molar-refractivity contribution in [2.75, 3.05) is 0 Å². The molecule has 0 spiro atoms. The Labute approximate surface area is 108 Å². The van der Waals surface area contributed by atoms with Crippen molar-refractivity contribution < 1.29 is 0 Å². The maximum Gasteiger partial charge on any atom is 0.179 e. The van der Waals surface area contributed by atoms with Crippen LogP contribution in [0.25, 0.3) is 0 Å². The fourth-order valence-corrected chi connectivity index (χ4v) is 5.71. The third kappa shape index (κ3) is 1.35. The van der Waals surface area contributed by atoms with E-state index in [1.807, 2.05) is 0 Å². The number of nitrogens with zero attached hydrogens (tertiary/aromatic N) is 2. The van der Waals surface area contributed by atoms with Gasteiger partial charge in [-0.3, -0.25) is 0 Å². The van der Waals surface area contributed by atoms with Crippen molar-refractivity contribution in [2.45, 2.75) is 43.9 Å². The van der Waals surface area contributed by atoms with Gasteiger partial charge in [-0.05, 0) is 83.7 Å². The quantitative estimate of drug-likeness (QED) is 0.789. The van der Waals surface area contributed by atoms with E-state index in [9.17, 15) is 0 Å². The molecule has 4 heteroatoms. The maximum absolute atomic E-state index is 4.62. The van der Waals surface area contributed by atoms with Gasteiger partial charge in [0.15, 0.2) is 3.92 Å². The Hall–Kier alpha value is 0.0400. The number of hydrogen-bond donors (Lipinski definition) is 0. The lowest BCUT2D eigenvalue weighted by Crippen LogP contribution is -2.49. The fourth-order valence-electron chi connectivity index (χ4n) is 4.80. The van der Waals surface area contributed by atoms with E-state index >= 15 is 0 Å². The highest BCUT2D eigenvalue weighted by Gasteiger charge is 2.53. The second-order valence-electron chi connectivity index (χ2n) is 6.07. The normalized spacial score (nSPS) is 45.2. The van der Waals surface area contributed by atoms with Crippen molar-refractivity contribution in [3.8, 4) is 0 Å². The summed E-state index contributed by atoms with van der Waals surface area (Å²) >= 11 is 4.97. The molecule has 4 fully saturated rings. The van der Waals surface area contributed by atoms with E-state index in [1.54, 1.807) is 0 Å². The molecule has 1 aromatic rings. The summed E-state index contributed by atoms with van der Waals surface area (Å²) in [4.78, 5) is 4.62. The molecule has 0 atom stereocenters. The van der Waals surface area contributed by atoms with Gasteiger partial charge in [0, 0.05) is 5.41 Å². The van der Waals surface area contributed by atoms with E-state index in [-0.39, 0.29) is 0 Å². The third-order valence-electron chi connectivity index (χ3n) is 4.91. The average molecular weight is 299 g/mol. The van der Waals surface area contributed by atoms with Gasteiger partial charge < -0.3 is 0 Å². The highest BCUT2D eigenvalue weighted by molar-refractivity contribution is 9.11. The molecular weight excluding hydrogens is 284 g/mol. The molecule has 4 bridgehead atoms. The highest BCUT2D eigenvalue weighted by atomic mass is 79.9. The summed E-state index contributed by atoms with van der Waals surface area (Å²) in [5.74, 6) is 4.10. The van der Waals surface area contributed by atoms with Crippen molar-refractivity contribution in [3.05, 3.63) is 9.74 Å². The summed E-state index contributed by atoms with van der Waals surface area (Å²) in [6.45, 7) is 0. The molecule has 0 amide bonds. The molecular formula is C12H15BrN2S. The predicted molar refractivity (Wildman–Crippen MR) is 67.5 cm³/mol. The number of hydrogen-bond acceptors (Lipinski definition) is 3. The summed E-state index contributed by atoms with van der Waals surface area (Å²) < 4.78 is 5.55. The van der Waals surface area contributed by atoms with Gasteiger partial charge in [-0.1, -0.05) is 0 Å². The van der Waals surface area contributed by atoms with Crippen molar-refractivity contribution >= 4 is 27.5 Å². The molecule has 0 radical (unpaired) electrons. The van der Waals surface area contributed by atoms with E-state index in [4.69, 9.17) is 0 Å². The van der Waals surface area contributed by atoms with Gasteiger partial charge in [0.05, 0.1) is 0 Å². The lowest BCUT2D eigenvalue weighted by molar-refractivity contribution is -0.00888. The maximum atomic E-state index is 4.62. The van der Waals surface area contributed by atoms with Crippen LogP contribution < -0.4 is 0 Å². The minimum atomic E-state index is 0.372. The minimum Gasteiger partial charge on any atom is -0.212 e. The monoisotopic (exact) mass is 298 g/mol. The first-order valence-electron chi connectivity index (χ1n) is 6.23. The van der Waals surface area contributed by atoms with Crippen LogP contribution in [-0.4, -0.2) is 9.36 Å². The van der Waals surface area contributed by atoms with Gasteiger partial charge in [0.2, 0.25) is 0 Å². The van der Waals surface area contributed by atoms with Gasteiger partial charge >= 0.3 is 0 Å². The van der Waals surface area contributed by atoms with Crippen molar-refractivity contribution in [1.82, 2.24) is 9.36 Å². The number of aromatic nitrogens is 2. The molecule has 0 aliphatic heterocycles. The van der Waals surface area contributed by atoms with Crippen LogP contribution in [0.15, 0.2) is 3.92 Å². The molecule has 4 saturated carbocycles. The zero-order valence-electron chi connectivity index (χ0n) is 9.16. The Kier molecular flexibility index (Phi) is 2.06. The topological polar surface area (TPSA) is 25.8 Å². The van der Waals surface area contributed by atoms with Crippen LogP contribution in [0.5, 0.6) is 0 Å². The van der Waals surface area contributed by atoms with Crippen molar-refractivity contribution in [1.29, 1.82) is 0 Å². The van der Waals surface area contributed by atoms with Gasteiger partial charge in [0.25, 0.3) is 0 Å². The molecule has 16 heavy (non-hydrogen) atoms. The molecule has 86 valence electrons. The summed E-state index contributed by atoms with van der Waals surface area (Å²) in [6, 6.07) is 0. The molecule has 5 rings (SSSR count). The fraction of sp³-hybridized carbons (Fsp3) is 0.833.